The molecular weight excluding hydrogens is 248 g/mol. The molecule has 0 spiro atoms. The Morgan fingerprint density at radius 1 is 1.42 bits per heavy atom. The van der Waals surface area contributed by atoms with E-state index in [1.54, 1.807) is 0 Å². The number of fused-ring (bicyclic) bond motifs is 1. The Morgan fingerprint density at radius 3 is 3.05 bits per heavy atom. The van der Waals surface area contributed by atoms with E-state index >= 15 is 0 Å². The molecule has 6 nitrogen and oxygen atoms in total. The quantitative estimate of drug-likeness (QED) is 0.702. The average Bonchev–Trinajstić information content (AvgIpc) is 3.03. The first kappa shape index (κ1) is 12.3. The number of rotatable bonds is 3. The van der Waals surface area contributed by atoms with Gasteiger partial charge in [0.2, 0.25) is 12.7 Å². The fraction of sp³-hybridized carbons (Fsp3) is 0.462. The third kappa shape index (κ3) is 2.64. The predicted molar refractivity (Wildman–Crippen MR) is 66.8 cm³/mol. The first-order valence-electron chi connectivity index (χ1n) is 6.30. The molecule has 2 aliphatic rings. The molecule has 19 heavy (non-hydrogen) atoms. The van der Waals surface area contributed by atoms with Crippen LogP contribution in [0, 0.1) is 0 Å². The van der Waals surface area contributed by atoms with Crippen molar-refractivity contribution in [1.29, 1.82) is 0 Å². The molecule has 0 aliphatic carbocycles. The van der Waals surface area contributed by atoms with Crippen LogP contribution in [-0.2, 0) is 11.3 Å². The van der Waals surface area contributed by atoms with E-state index in [1.807, 2.05) is 18.2 Å². The summed E-state index contributed by atoms with van der Waals surface area (Å²) in [6.45, 7) is 1.15. The van der Waals surface area contributed by atoms with Crippen molar-refractivity contribution in [3.05, 3.63) is 23.8 Å². The van der Waals surface area contributed by atoms with Crippen LogP contribution in [0.1, 0.15) is 12.0 Å². The molecular formula is C13H16N2O4. The number of β-amino-alcohol motifs (C(OH)–C–C–N with tert-alkyl or cyclic N) is 1. The Hall–Kier alpha value is -1.79. The molecule has 0 bridgehead atoms. The maximum absolute atomic E-state index is 11.9. The molecule has 6 heteroatoms. The van der Waals surface area contributed by atoms with E-state index in [0.29, 0.717) is 25.3 Å². The molecule has 0 radical (unpaired) electrons. The van der Waals surface area contributed by atoms with Gasteiger partial charge in [-0.05, 0) is 24.1 Å². The van der Waals surface area contributed by atoms with Crippen molar-refractivity contribution in [3.8, 4) is 11.5 Å². The number of nitrogens with one attached hydrogen (secondary N) is 2. The SMILES string of the molecule is O=C(NCc1ccc2c(c1)OCO2)[C@H]1C[C@@H](O)CN1. The van der Waals surface area contributed by atoms with E-state index < -0.39 is 6.10 Å². The number of hydrogen-bond acceptors (Lipinski definition) is 5. The molecule has 2 heterocycles. The van der Waals surface area contributed by atoms with Crippen LogP contribution >= 0.6 is 0 Å². The normalized spacial score (nSPS) is 24.5. The van der Waals surface area contributed by atoms with Crippen LogP contribution in [0.3, 0.4) is 0 Å². The summed E-state index contributed by atoms with van der Waals surface area (Å²) in [6.07, 6.45) is 0.0359. The van der Waals surface area contributed by atoms with Gasteiger partial charge in [-0.1, -0.05) is 6.07 Å². The van der Waals surface area contributed by atoms with Gasteiger partial charge in [-0.3, -0.25) is 4.79 Å². The maximum Gasteiger partial charge on any atom is 0.237 e. The molecule has 102 valence electrons. The molecule has 0 saturated carbocycles. The van der Waals surface area contributed by atoms with Crippen molar-refractivity contribution in [2.24, 2.45) is 0 Å². The van der Waals surface area contributed by atoms with Crippen LogP contribution in [0.2, 0.25) is 0 Å². The standard InChI is InChI=1S/C13H16N2O4/c16-9-4-10(14-6-9)13(17)15-5-8-1-2-11-12(3-8)19-7-18-11/h1-3,9-10,14,16H,4-7H2,(H,15,17)/t9-,10-/m1/s1. The molecule has 1 aromatic rings. The van der Waals surface area contributed by atoms with Gasteiger partial charge in [-0.25, -0.2) is 0 Å². The van der Waals surface area contributed by atoms with Crippen molar-refractivity contribution in [2.75, 3.05) is 13.3 Å². The van der Waals surface area contributed by atoms with Crippen molar-refractivity contribution in [1.82, 2.24) is 10.6 Å². The van der Waals surface area contributed by atoms with Crippen molar-refractivity contribution < 1.29 is 19.4 Å². The lowest BCUT2D eigenvalue weighted by atomic mass is 10.1. The zero-order chi connectivity index (χ0) is 13.2. The van der Waals surface area contributed by atoms with Crippen molar-refractivity contribution in [3.63, 3.8) is 0 Å². The van der Waals surface area contributed by atoms with Crippen molar-refractivity contribution >= 4 is 5.91 Å². The molecule has 1 fully saturated rings. The zero-order valence-corrected chi connectivity index (χ0v) is 10.4. The summed E-state index contributed by atoms with van der Waals surface area (Å²) in [7, 11) is 0. The number of aliphatic hydroxyl groups is 1. The second kappa shape index (κ2) is 5.07. The summed E-state index contributed by atoms with van der Waals surface area (Å²) in [4.78, 5) is 11.9. The molecule has 3 N–H and O–H groups in total. The zero-order valence-electron chi connectivity index (χ0n) is 10.4. The Kier molecular flexibility index (Phi) is 3.27. The Morgan fingerprint density at radius 2 is 2.26 bits per heavy atom. The van der Waals surface area contributed by atoms with E-state index in [0.717, 1.165) is 11.3 Å². The minimum atomic E-state index is -0.429. The van der Waals surface area contributed by atoms with E-state index in [-0.39, 0.29) is 18.7 Å². The van der Waals surface area contributed by atoms with Gasteiger partial charge in [0.15, 0.2) is 11.5 Å². The number of carbonyl (C=O) groups excluding carboxylic acids is 1. The second-order valence-electron chi connectivity index (χ2n) is 4.76. The van der Waals surface area contributed by atoms with Crippen LogP contribution in [0.15, 0.2) is 18.2 Å². The molecule has 1 amide bonds. The van der Waals surface area contributed by atoms with Crippen LogP contribution in [-0.4, -0.2) is 36.5 Å². The third-order valence-electron chi connectivity index (χ3n) is 3.33. The highest BCUT2D eigenvalue weighted by Gasteiger charge is 2.27. The third-order valence-corrected chi connectivity index (χ3v) is 3.33. The summed E-state index contributed by atoms with van der Waals surface area (Å²) < 4.78 is 10.5. The maximum atomic E-state index is 11.9. The number of ether oxygens (including phenoxy) is 2. The second-order valence-corrected chi connectivity index (χ2v) is 4.76. The molecule has 1 aromatic carbocycles. The van der Waals surface area contributed by atoms with Crippen LogP contribution in [0.5, 0.6) is 11.5 Å². The Labute approximate surface area is 110 Å². The first-order valence-corrected chi connectivity index (χ1v) is 6.30. The summed E-state index contributed by atoms with van der Waals surface area (Å²) in [5.41, 5.74) is 0.955. The monoisotopic (exact) mass is 264 g/mol. The topological polar surface area (TPSA) is 79.8 Å². The van der Waals surface area contributed by atoms with Gasteiger partial charge >= 0.3 is 0 Å². The lowest BCUT2D eigenvalue weighted by Gasteiger charge is -2.11. The minimum Gasteiger partial charge on any atom is -0.454 e. The summed E-state index contributed by atoms with van der Waals surface area (Å²) in [5, 5.41) is 15.2. The van der Waals surface area contributed by atoms with Crippen LogP contribution in [0.4, 0.5) is 0 Å². The van der Waals surface area contributed by atoms with E-state index in [9.17, 15) is 9.90 Å². The minimum absolute atomic E-state index is 0.0887. The lowest BCUT2D eigenvalue weighted by Crippen LogP contribution is -2.39. The summed E-state index contributed by atoms with van der Waals surface area (Å²) in [6, 6.07) is 5.29. The first-order chi connectivity index (χ1) is 9.22. The molecule has 3 rings (SSSR count). The summed E-state index contributed by atoms with van der Waals surface area (Å²) in [5.74, 6) is 1.35. The van der Waals surface area contributed by atoms with Gasteiger partial charge in [0, 0.05) is 13.1 Å². The number of hydrogen-bond donors (Lipinski definition) is 3. The fourth-order valence-electron chi connectivity index (χ4n) is 2.28. The molecule has 1 saturated heterocycles. The van der Waals surface area contributed by atoms with Gasteiger partial charge in [0.05, 0.1) is 12.1 Å². The summed E-state index contributed by atoms with van der Waals surface area (Å²) >= 11 is 0. The van der Waals surface area contributed by atoms with E-state index in [4.69, 9.17) is 9.47 Å². The molecule has 0 aromatic heterocycles. The van der Waals surface area contributed by atoms with Gasteiger partial charge in [-0.2, -0.15) is 0 Å². The van der Waals surface area contributed by atoms with Gasteiger partial charge < -0.3 is 25.2 Å². The Bertz CT molecular complexity index is 492. The lowest BCUT2D eigenvalue weighted by molar-refractivity contribution is -0.123. The number of amides is 1. The van der Waals surface area contributed by atoms with E-state index in [2.05, 4.69) is 10.6 Å². The Balaban J connectivity index is 1.56. The molecule has 2 atom stereocenters. The van der Waals surface area contributed by atoms with Crippen LogP contribution < -0.4 is 20.1 Å². The van der Waals surface area contributed by atoms with Gasteiger partial charge in [0.1, 0.15) is 0 Å². The largest absolute Gasteiger partial charge is 0.454 e. The average molecular weight is 264 g/mol. The smallest absolute Gasteiger partial charge is 0.237 e. The highest BCUT2D eigenvalue weighted by atomic mass is 16.7. The van der Waals surface area contributed by atoms with Gasteiger partial charge in [0.25, 0.3) is 0 Å². The van der Waals surface area contributed by atoms with Crippen molar-refractivity contribution in [2.45, 2.75) is 25.1 Å². The number of carbonyl (C=O) groups is 1. The number of benzene rings is 1. The fourth-order valence-corrected chi connectivity index (χ4v) is 2.28. The molecule has 2 aliphatic heterocycles. The number of aliphatic hydroxyl groups excluding tert-OH is 1. The highest BCUT2D eigenvalue weighted by Crippen LogP contribution is 2.32. The van der Waals surface area contributed by atoms with Crippen LogP contribution in [0.25, 0.3) is 0 Å². The van der Waals surface area contributed by atoms with E-state index in [1.165, 1.54) is 0 Å². The van der Waals surface area contributed by atoms with Gasteiger partial charge in [-0.15, -0.1) is 0 Å². The predicted octanol–water partition coefficient (Wildman–Crippen LogP) is -0.246. The molecule has 0 unspecified atom stereocenters. The highest BCUT2D eigenvalue weighted by molar-refractivity contribution is 5.82.